The van der Waals surface area contributed by atoms with Gasteiger partial charge in [-0.1, -0.05) is 39.0 Å². The smallest absolute Gasteiger partial charge is 0.119 e. The van der Waals surface area contributed by atoms with E-state index in [2.05, 4.69) is 26.1 Å². The Morgan fingerprint density at radius 3 is 2.58 bits per heavy atom. The molecule has 0 bridgehead atoms. The zero-order chi connectivity index (χ0) is 13.7. The Bertz CT molecular complexity index is 374. The largest absolute Gasteiger partial charge is 0.494 e. The average Bonchev–Trinajstić information content (AvgIpc) is 2.63. The minimum absolute atomic E-state index is 0.512. The number of rotatable bonds is 6. The van der Waals surface area contributed by atoms with Crippen molar-refractivity contribution in [2.24, 2.45) is 11.3 Å². The lowest BCUT2D eigenvalue weighted by atomic mass is 9.91. The van der Waals surface area contributed by atoms with Crippen LogP contribution in [-0.4, -0.2) is 19.2 Å². The third-order valence-corrected chi connectivity index (χ3v) is 4.07. The molecule has 2 heteroatoms. The molecule has 2 nitrogen and oxygen atoms in total. The second-order valence-electron chi connectivity index (χ2n) is 6.63. The van der Waals surface area contributed by atoms with Gasteiger partial charge in [-0.05, 0) is 49.3 Å². The van der Waals surface area contributed by atoms with Crippen LogP contribution < -0.4 is 10.1 Å². The first-order valence-electron chi connectivity index (χ1n) is 7.48. The van der Waals surface area contributed by atoms with Crippen LogP contribution in [0.25, 0.3) is 0 Å². The molecule has 0 amide bonds. The second kappa shape index (κ2) is 6.42. The van der Waals surface area contributed by atoms with E-state index in [0.29, 0.717) is 11.5 Å². The number of hydrogen-bond acceptors (Lipinski definition) is 2. The predicted molar refractivity (Wildman–Crippen MR) is 80.5 cm³/mol. The number of ether oxygens (including phenoxy) is 1. The molecule has 0 aliphatic heterocycles. The van der Waals surface area contributed by atoms with Gasteiger partial charge < -0.3 is 10.1 Å². The molecule has 2 atom stereocenters. The monoisotopic (exact) mass is 261 g/mol. The Balaban J connectivity index is 1.60. The van der Waals surface area contributed by atoms with Gasteiger partial charge in [0, 0.05) is 6.04 Å². The topological polar surface area (TPSA) is 21.3 Å². The number of para-hydroxylation sites is 1. The molecule has 0 heterocycles. The van der Waals surface area contributed by atoms with Gasteiger partial charge in [-0.2, -0.15) is 0 Å². The Morgan fingerprint density at radius 1 is 1.21 bits per heavy atom. The molecule has 2 unspecified atom stereocenters. The van der Waals surface area contributed by atoms with Crippen molar-refractivity contribution in [2.45, 2.75) is 46.1 Å². The van der Waals surface area contributed by atoms with Crippen LogP contribution >= 0.6 is 0 Å². The lowest BCUT2D eigenvalue weighted by Crippen LogP contribution is -2.33. The summed E-state index contributed by atoms with van der Waals surface area (Å²) in [4.78, 5) is 0. The van der Waals surface area contributed by atoms with Gasteiger partial charge in [-0.25, -0.2) is 0 Å². The van der Waals surface area contributed by atoms with E-state index in [4.69, 9.17) is 4.74 Å². The molecule has 1 aromatic carbocycles. The van der Waals surface area contributed by atoms with E-state index in [1.807, 2.05) is 30.3 Å². The van der Waals surface area contributed by atoms with E-state index < -0.39 is 0 Å². The van der Waals surface area contributed by atoms with Crippen molar-refractivity contribution in [3.05, 3.63) is 30.3 Å². The highest BCUT2D eigenvalue weighted by Gasteiger charge is 2.35. The van der Waals surface area contributed by atoms with Crippen molar-refractivity contribution in [3.8, 4) is 5.75 Å². The van der Waals surface area contributed by atoms with Gasteiger partial charge in [0.1, 0.15) is 5.75 Å². The lowest BCUT2D eigenvalue weighted by molar-refractivity contribution is 0.299. The van der Waals surface area contributed by atoms with E-state index in [0.717, 1.165) is 31.2 Å². The standard InChI is InChI=1S/C17H27NO/c1-14-12-17(2,3)13-16(14)18-10-7-11-19-15-8-5-4-6-9-15/h4-6,8-9,14,16,18H,7,10-13H2,1-3H3. The van der Waals surface area contributed by atoms with Gasteiger partial charge >= 0.3 is 0 Å². The van der Waals surface area contributed by atoms with Gasteiger partial charge in [0.25, 0.3) is 0 Å². The van der Waals surface area contributed by atoms with Crippen LogP contribution in [0.4, 0.5) is 0 Å². The van der Waals surface area contributed by atoms with Crippen LogP contribution in [0.2, 0.25) is 0 Å². The summed E-state index contributed by atoms with van der Waals surface area (Å²) in [6.07, 6.45) is 3.71. The summed E-state index contributed by atoms with van der Waals surface area (Å²) < 4.78 is 5.70. The summed E-state index contributed by atoms with van der Waals surface area (Å²) in [6, 6.07) is 10.7. The maximum absolute atomic E-state index is 5.70. The van der Waals surface area contributed by atoms with E-state index in [1.165, 1.54) is 12.8 Å². The lowest BCUT2D eigenvalue weighted by Gasteiger charge is -2.18. The maximum atomic E-state index is 5.70. The Hall–Kier alpha value is -1.02. The van der Waals surface area contributed by atoms with Crippen LogP contribution in [0.5, 0.6) is 5.75 Å². The third-order valence-electron chi connectivity index (χ3n) is 4.07. The molecule has 1 saturated carbocycles. The fraction of sp³-hybridized carbons (Fsp3) is 0.647. The molecule has 0 radical (unpaired) electrons. The van der Waals surface area contributed by atoms with Gasteiger partial charge in [0.2, 0.25) is 0 Å². The van der Waals surface area contributed by atoms with E-state index in [1.54, 1.807) is 0 Å². The first-order chi connectivity index (χ1) is 9.07. The maximum Gasteiger partial charge on any atom is 0.119 e. The van der Waals surface area contributed by atoms with Gasteiger partial charge in [-0.3, -0.25) is 0 Å². The first-order valence-corrected chi connectivity index (χ1v) is 7.48. The first kappa shape index (κ1) is 14.4. The second-order valence-corrected chi connectivity index (χ2v) is 6.63. The molecule has 19 heavy (non-hydrogen) atoms. The Kier molecular flexibility index (Phi) is 4.87. The summed E-state index contributed by atoms with van der Waals surface area (Å²) in [6.45, 7) is 8.97. The van der Waals surface area contributed by atoms with E-state index in [-0.39, 0.29) is 0 Å². The zero-order valence-corrected chi connectivity index (χ0v) is 12.5. The number of benzene rings is 1. The third kappa shape index (κ3) is 4.54. The van der Waals surface area contributed by atoms with Crippen molar-refractivity contribution in [1.29, 1.82) is 0 Å². The van der Waals surface area contributed by atoms with E-state index in [9.17, 15) is 0 Å². The fourth-order valence-corrected chi connectivity index (χ4v) is 3.23. The zero-order valence-electron chi connectivity index (χ0n) is 12.5. The summed E-state index contributed by atoms with van der Waals surface area (Å²) in [5, 5.41) is 3.69. The molecular formula is C17H27NO. The van der Waals surface area contributed by atoms with Gasteiger partial charge in [0.15, 0.2) is 0 Å². The molecule has 0 spiro atoms. The van der Waals surface area contributed by atoms with Crippen molar-refractivity contribution < 1.29 is 4.74 Å². The van der Waals surface area contributed by atoms with Crippen LogP contribution in [0.1, 0.15) is 40.0 Å². The molecule has 0 saturated heterocycles. The van der Waals surface area contributed by atoms with Crippen molar-refractivity contribution in [3.63, 3.8) is 0 Å². The molecule has 1 aliphatic rings. The fourth-order valence-electron chi connectivity index (χ4n) is 3.23. The van der Waals surface area contributed by atoms with Crippen molar-refractivity contribution in [1.82, 2.24) is 5.32 Å². The molecule has 1 N–H and O–H groups in total. The summed E-state index contributed by atoms with van der Waals surface area (Å²) >= 11 is 0. The van der Waals surface area contributed by atoms with Crippen molar-refractivity contribution >= 4 is 0 Å². The highest BCUT2D eigenvalue weighted by atomic mass is 16.5. The van der Waals surface area contributed by atoms with Crippen LogP contribution in [0.3, 0.4) is 0 Å². The highest BCUT2D eigenvalue weighted by Crippen LogP contribution is 2.40. The van der Waals surface area contributed by atoms with Gasteiger partial charge in [0.05, 0.1) is 6.61 Å². The molecule has 1 aliphatic carbocycles. The molecule has 2 rings (SSSR count). The molecule has 1 aromatic rings. The van der Waals surface area contributed by atoms with Crippen LogP contribution in [0, 0.1) is 11.3 Å². The minimum atomic E-state index is 0.512. The van der Waals surface area contributed by atoms with E-state index >= 15 is 0 Å². The summed E-state index contributed by atoms with van der Waals surface area (Å²) in [5.74, 6) is 1.77. The summed E-state index contributed by atoms with van der Waals surface area (Å²) in [7, 11) is 0. The average molecular weight is 261 g/mol. The normalized spacial score (nSPS) is 25.4. The number of nitrogens with one attached hydrogen (secondary N) is 1. The number of hydrogen-bond donors (Lipinski definition) is 1. The molecular weight excluding hydrogens is 234 g/mol. The Labute approximate surface area is 117 Å². The summed E-state index contributed by atoms with van der Waals surface area (Å²) in [5.41, 5.74) is 0.512. The SMILES string of the molecule is CC1CC(C)(C)CC1NCCCOc1ccccc1. The molecule has 106 valence electrons. The Morgan fingerprint density at radius 2 is 1.95 bits per heavy atom. The highest BCUT2D eigenvalue weighted by molar-refractivity contribution is 5.20. The quantitative estimate of drug-likeness (QED) is 0.785. The predicted octanol–water partition coefficient (Wildman–Crippen LogP) is 3.87. The molecule has 1 fully saturated rings. The molecule has 0 aromatic heterocycles. The minimum Gasteiger partial charge on any atom is -0.494 e. The van der Waals surface area contributed by atoms with Crippen LogP contribution in [0.15, 0.2) is 30.3 Å². The van der Waals surface area contributed by atoms with Crippen LogP contribution in [-0.2, 0) is 0 Å². The van der Waals surface area contributed by atoms with Crippen molar-refractivity contribution in [2.75, 3.05) is 13.2 Å². The van der Waals surface area contributed by atoms with Gasteiger partial charge in [-0.15, -0.1) is 0 Å².